The van der Waals surface area contributed by atoms with Gasteiger partial charge in [0.05, 0.1) is 12.2 Å². The van der Waals surface area contributed by atoms with Crippen LogP contribution in [0.25, 0.3) is 0 Å². The van der Waals surface area contributed by atoms with Gasteiger partial charge in [-0.1, -0.05) is 39.0 Å². The number of rotatable bonds is 7. The summed E-state index contributed by atoms with van der Waals surface area (Å²) in [6.45, 7) is 9.66. The highest BCUT2D eigenvalue weighted by atomic mass is 28.4. The molecule has 0 amide bonds. The summed E-state index contributed by atoms with van der Waals surface area (Å²) in [4.78, 5) is 23.5. The third kappa shape index (κ3) is 5.26. The van der Waals surface area contributed by atoms with Gasteiger partial charge in [-0.3, -0.25) is 0 Å². The predicted octanol–water partition coefficient (Wildman–Crippen LogP) is 2.79. The van der Waals surface area contributed by atoms with E-state index in [4.69, 9.17) is 9.16 Å². The second-order valence-corrected chi connectivity index (χ2v) is 11.7. The number of hydrogen-bond donors (Lipinski definition) is 1. The van der Waals surface area contributed by atoms with Crippen LogP contribution in [0, 0.1) is 0 Å². The molecule has 1 aromatic carbocycles. The van der Waals surface area contributed by atoms with E-state index in [2.05, 4.69) is 0 Å². The molecule has 0 saturated carbocycles. The zero-order valence-electron chi connectivity index (χ0n) is 14.4. The van der Waals surface area contributed by atoms with Crippen molar-refractivity contribution in [3.8, 4) is 0 Å². The van der Waals surface area contributed by atoms with Crippen LogP contribution >= 0.6 is 0 Å². The number of esters is 1. The van der Waals surface area contributed by atoms with Crippen molar-refractivity contribution in [2.75, 3.05) is 6.61 Å². The van der Waals surface area contributed by atoms with E-state index >= 15 is 0 Å². The van der Waals surface area contributed by atoms with Crippen LogP contribution in [0.5, 0.6) is 0 Å². The van der Waals surface area contributed by atoms with E-state index in [0.29, 0.717) is 11.8 Å². The van der Waals surface area contributed by atoms with Crippen molar-refractivity contribution in [2.45, 2.75) is 51.1 Å². The Morgan fingerprint density at radius 2 is 1.83 bits per heavy atom. The third-order valence-electron chi connectivity index (χ3n) is 4.19. The van der Waals surface area contributed by atoms with Gasteiger partial charge in [-0.2, -0.15) is 0 Å². The molecule has 1 rings (SSSR count). The Morgan fingerprint density at radius 3 is 2.26 bits per heavy atom. The molecule has 0 radical (unpaired) electrons. The van der Waals surface area contributed by atoms with Crippen molar-refractivity contribution in [3.05, 3.63) is 35.9 Å². The van der Waals surface area contributed by atoms with E-state index in [1.54, 1.807) is 30.3 Å². The maximum atomic E-state index is 12.1. The fraction of sp³-hybridized carbons (Fsp3) is 0.529. The number of carbonyl (C=O) groups is 2. The number of carbonyl (C=O) groups excluding carboxylic acids is 2. The molecule has 6 heteroatoms. The van der Waals surface area contributed by atoms with Gasteiger partial charge < -0.3 is 19.1 Å². The Labute approximate surface area is 138 Å². The van der Waals surface area contributed by atoms with Crippen LogP contribution in [0.3, 0.4) is 0 Å². The molecule has 0 unspecified atom stereocenters. The van der Waals surface area contributed by atoms with Crippen LogP contribution in [0.15, 0.2) is 30.3 Å². The van der Waals surface area contributed by atoms with Crippen molar-refractivity contribution in [2.24, 2.45) is 0 Å². The molecule has 1 aromatic rings. The summed E-state index contributed by atoms with van der Waals surface area (Å²) in [6, 6.07) is 8.44. The molecule has 23 heavy (non-hydrogen) atoms. The summed E-state index contributed by atoms with van der Waals surface area (Å²) in [7, 11) is -2.23. The van der Waals surface area contributed by atoms with Gasteiger partial charge >= 0.3 is 5.97 Å². The summed E-state index contributed by atoms with van der Waals surface area (Å²) in [5, 5.41) is 9.42. The lowest BCUT2D eigenvalue weighted by Gasteiger charge is -2.39. The second kappa shape index (κ2) is 7.85. The summed E-state index contributed by atoms with van der Waals surface area (Å²) in [6.07, 6.45) is -1.40. The van der Waals surface area contributed by atoms with Crippen LogP contribution in [0.1, 0.15) is 31.1 Å². The predicted molar refractivity (Wildman–Crippen MR) is 90.9 cm³/mol. The van der Waals surface area contributed by atoms with Crippen molar-refractivity contribution in [1.29, 1.82) is 0 Å². The molecule has 0 aliphatic carbocycles. The highest BCUT2D eigenvalue weighted by Crippen LogP contribution is 2.37. The van der Waals surface area contributed by atoms with Crippen molar-refractivity contribution < 1.29 is 23.9 Å². The topological polar surface area (TPSA) is 72.8 Å². The molecule has 0 fully saturated rings. The number of benzene rings is 1. The molecular weight excluding hydrogens is 312 g/mol. The first-order valence-corrected chi connectivity index (χ1v) is 10.5. The van der Waals surface area contributed by atoms with Gasteiger partial charge in [0.1, 0.15) is 6.10 Å². The molecule has 2 atom stereocenters. The third-order valence-corrected chi connectivity index (χ3v) is 8.66. The number of hydrogen-bond acceptors (Lipinski definition) is 5. The summed E-state index contributed by atoms with van der Waals surface area (Å²) in [5.41, 5.74) is 0.364. The van der Waals surface area contributed by atoms with E-state index in [9.17, 15) is 14.7 Å². The van der Waals surface area contributed by atoms with Gasteiger partial charge in [-0.15, -0.1) is 0 Å². The van der Waals surface area contributed by atoms with Gasteiger partial charge in [-0.25, -0.2) is 4.79 Å². The Bertz CT molecular complexity index is 522. The molecule has 128 valence electrons. The number of aliphatic hydroxyl groups is 1. The summed E-state index contributed by atoms with van der Waals surface area (Å²) >= 11 is 0. The minimum Gasteiger partial charge on any atom is -0.453 e. The molecule has 0 aliphatic rings. The SMILES string of the molecule is CC(C)(C)[Si](C)(C)O[C@@H](C=O)[C@H](CO)OC(=O)c1ccccc1. The molecule has 0 heterocycles. The van der Waals surface area contributed by atoms with Crippen molar-refractivity contribution >= 4 is 20.6 Å². The zero-order valence-corrected chi connectivity index (χ0v) is 15.4. The quantitative estimate of drug-likeness (QED) is 0.470. The average Bonchev–Trinajstić information content (AvgIpc) is 2.50. The van der Waals surface area contributed by atoms with E-state index < -0.39 is 33.1 Å². The van der Waals surface area contributed by atoms with Gasteiger partial charge in [0.15, 0.2) is 20.7 Å². The Morgan fingerprint density at radius 1 is 1.26 bits per heavy atom. The Balaban J connectivity index is 2.85. The van der Waals surface area contributed by atoms with E-state index in [-0.39, 0.29) is 5.04 Å². The van der Waals surface area contributed by atoms with Crippen LogP contribution < -0.4 is 0 Å². The average molecular weight is 338 g/mol. The largest absolute Gasteiger partial charge is 0.453 e. The van der Waals surface area contributed by atoms with Gasteiger partial charge in [-0.05, 0) is 30.3 Å². The number of ether oxygens (including phenoxy) is 1. The van der Waals surface area contributed by atoms with Crippen molar-refractivity contribution in [3.63, 3.8) is 0 Å². The monoisotopic (exact) mass is 338 g/mol. The normalized spacial score (nSPS) is 14.9. The molecule has 0 bridgehead atoms. The zero-order chi connectivity index (χ0) is 17.7. The first-order valence-electron chi connectivity index (χ1n) is 7.62. The fourth-order valence-electron chi connectivity index (χ4n) is 1.70. The molecule has 0 saturated heterocycles. The molecule has 5 nitrogen and oxygen atoms in total. The standard InChI is InChI=1S/C17H26O5Si/c1-17(2,3)23(4,5)22-15(12-19)14(11-18)21-16(20)13-9-7-6-8-10-13/h6-10,12,14-15,18H,11H2,1-5H3/t14-,15-/m0/s1. The summed E-state index contributed by atoms with van der Waals surface area (Å²) < 4.78 is 11.2. The lowest BCUT2D eigenvalue weighted by atomic mass is 10.2. The van der Waals surface area contributed by atoms with E-state index in [0.717, 1.165) is 0 Å². The van der Waals surface area contributed by atoms with Crippen LogP contribution in [0.4, 0.5) is 0 Å². The second-order valence-electron chi connectivity index (χ2n) is 6.97. The van der Waals surface area contributed by atoms with Gasteiger partial charge in [0.25, 0.3) is 0 Å². The van der Waals surface area contributed by atoms with E-state index in [1.165, 1.54) is 0 Å². The first-order chi connectivity index (χ1) is 10.6. The van der Waals surface area contributed by atoms with Crippen LogP contribution in [-0.2, 0) is 14.0 Å². The van der Waals surface area contributed by atoms with Gasteiger partial charge in [0, 0.05) is 0 Å². The maximum Gasteiger partial charge on any atom is 0.338 e. The van der Waals surface area contributed by atoms with Crippen LogP contribution in [0.2, 0.25) is 18.1 Å². The summed E-state index contributed by atoms with van der Waals surface area (Å²) in [5.74, 6) is -0.588. The number of aliphatic hydroxyl groups excluding tert-OH is 1. The lowest BCUT2D eigenvalue weighted by Crippen LogP contribution is -2.49. The highest BCUT2D eigenvalue weighted by Gasteiger charge is 2.41. The minimum atomic E-state index is -2.23. The van der Waals surface area contributed by atoms with Crippen molar-refractivity contribution in [1.82, 2.24) is 0 Å². The molecular formula is C17H26O5Si. The molecule has 0 aliphatic heterocycles. The Kier molecular flexibility index (Phi) is 6.67. The minimum absolute atomic E-state index is 0.0995. The maximum absolute atomic E-state index is 12.1. The lowest BCUT2D eigenvalue weighted by molar-refractivity contribution is -0.121. The molecule has 0 spiro atoms. The fourth-order valence-corrected chi connectivity index (χ4v) is 2.94. The molecule has 1 N–H and O–H groups in total. The number of aldehydes is 1. The van der Waals surface area contributed by atoms with Gasteiger partial charge in [0.2, 0.25) is 0 Å². The molecule has 0 aromatic heterocycles. The first kappa shape index (κ1) is 19.5. The highest BCUT2D eigenvalue weighted by molar-refractivity contribution is 6.74. The smallest absolute Gasteiger partial charge is 0.338 e. The Hall–Kier alpha value is -1.50. The van der Waals surface area contributed by atoms with Crippen LogP contribution in [-0.4, -0.2) is 44.5 Å². The van der Waals surface area contributed by atoms with E-state index in [1.807, 2.05) is 33.9 Å².